The molecule has 1 spiro atoms. The van der Waals surface area contributed by atoms with Crippen LogP contribution in [-0.4, -0.2) is 89.8 Å². The monoisotopic (exact) mass is 963 g/mol. The van der Waals surface area contributed by atoms with E-state index in [-0.39, 0.29) is 45.4 Å². The Morgan fingerprint density at radius 2 is 1.81 bits per heavy atom. The first kappa shape index (κ1) is 46.5. The molecule has 2 saturated heterocycles. The lowest BCUT2D eigenvalue weighted by Crippen LogP contribution is -2.58. The van der Waals surface area contributed by atoms with Gasteiger partial charge in [0.15, 0.2) is 5.03 Å². The molecule has 2 saturated carbocycles. The molecule has 17 heteroatoms. The van der Waals surface area contributed by atoms with Gasteiger partial charge in [-0.25, -0.2) is 9.71 Å². The van der Waals surface area contributed by atoms with Crippen molar-refractivity contribution in [2.75, 3.05) is 44.4 Å². The number of anilines is 1. The van der Waals surface area contributed by atoms with Gasteiger partial charge in [-0.1, -0.05) is 52.0 Å². The minimum absolute atomic E-state index is 0.0328. The number of piperidine rings is 1. The van der Waals surface area contributed by atoms with Gasteiger partial charge in [0.2, 0.25) is 5.88 Å². The highest BCUT2D eigenvalue weighted by atomic mass is 32.2. The van der Waals surface area contributed by atoms with Crippen LogP contribution in [0.1, 0.15) is 119 Å². The summed E-state index contributed by atoms with van der Waals surface area (Å²) >= 11 is 1.32. The molecule has 5 aliphatic rings. The zero-order valence-electron chi connectivity index (χ0n) is 39.2. The lowest BCUT2D eigenvalue weighted by molar-refractivity contribution is -0.388. The number of thioether (sulfide) groups is 1. The molecule has 5 aromatic rings. The number of carbonyl (C=O) groups excluding carboxylic acids is 1. The van der Waals surface area contributed by atoms with Crippen molar-refractivity contribution < 1.29 is 32.3 Å². The van der Waals surface area contributed by atoms with Crippen molar-refractivity contribution in [2.24, 2.45) is 16.7 Å². The molecule has 2 aliphatic carbocycles. The Kier molecular flexibility index (Phi) is 12.7. The normalized spacial score (nSPS) is 22.1. The van der Waals surface area contributed by atoms with E-state index in [1.54, 1.807) is 24.4 Å². The van der Waals surface area contributed by atoms with Crippen molar-refractivity contribution in [3.63, 3.8) is 0 Å². The number of nitrogens with one attached hydrogen (secondary N) is 2. The molecule has 2 atom stereocenters. The first-order chi connectivity index (χ1) is 32.6. The van der Waals surface area contributed by atoms with Crippen molar-refractivity contribution in [1.29, 1.82) is 0 Å². The SMILES string of the molecule is CC(C)c1ccccc1[C@@H]1COCCN1C1CC2(CCN(c3ccc(C(=O)NS(=O)(=O)c4cc([N+](=O)[O-])c5c(n4)OC[C@H](CC4CCC(C)(C)CC4)S5)c(Oc4cnc5[nH]ccc5c4)c3)CC2)C1. The predicted octanol–water partition coefficient (Wildman–Crippen LogP) is 10.2. The van der Waals surface area contributed by atoms with Crippen molar-refractivity contribution in [1.82, 2.24) is 24.6 Å². The molecule has 3 aliphatic heterocycles. The Labute approximate surface area is 402 Å². The number of pyridine rings is 2. The van der Waals surface area contributed by atoms with Crippen LogP contribution in [0.3, 0.4) is 0 Å². The number of sulfonamides is 1. The van der Waals surface area contributed by atoms with Crippen molar-refractivity contribution in [2.45, 2.75) is 119 Å². The average Bonchev–Trinajstić information content (AvgIpc) is 3.79. The minimum atomic E-state index is -4.73. The van der Waals surface area contributed by atoms with Crippen LogP contribution in [0.2, 0.25) is 0 Å². The van der Waals surface area contributed by atoms with E-state index in [1.165, 1.54) is 29.1 Å². The van der Waals surface area contributed by atoms with Gasteiger partial charge < -0.3 is 24.1 Å². The summed E-state index contributed by atoms with van der Waals surface area (Å²) in [6, 6.07) is 19.3. The maximum atomic E-state index is 14.1. The molecule has 360 valence electrons. The van der Waals surface area contributed by atoms with Crippen LogP contribution < -0.4 is 19.1 Å². The van der Waals surface area contributed by atoms with Gasteiger partial charge in [-0.2, -0.15) is 13.4 Å². The Morgan fingerprint density at radius 3 is 2.57 bits per heavy atom. The molecular weight excluding hydrogens is 903 g/mol. The number of hydrogen-bond donors (Lipinski definition) is 2. The van der Waals surface area contributed by atoms with E-state index in [1.807, 2.05) is 12.1 Å². The molecule has 0 bridgehead atoms. The Bertz CT molecular complexity index is 2810. The second-order valence-corrected chi connectivity index (χ2v) is 23.7. The summed E-state index contributed by atoms with van der Waals surface area (Å²) in [5.41, 5.74) is 4.37. The number of ether oxygens (including phenoxy) is 3. The fourth-order valence-electron chi connectivity index (χ4n) is 11.3. The third kappa shape index (κ3) is 9.55. The van der Waals surface area contributed by atoms with Crippen LogP contribution in [-0.2, 0) is 14.8 Å². The fraction of sp³-hybridized carbons (Fsp3) is 0.510. The first-order valence-electron chi connectivity index (χ1n) is 24.1. The Morgan fingerprint density at radius 1 is 1.03 bits per heavy atom. The van der Waals surface area contributed by atoms with Gasteiger partial charge in [0.1, 0.15) is 28.6 Å². The molecule has 3 aromatic heterocycles. The van der Waals surface area contributed by atoms with Gasteiger partial charge in [0.05, 0.1) is 42.0 Å². The number of benzene rings is 2. The second kappa shape index (κ2) is 18.6. The fourth-order valence-corrected chi connectivity index (χ4v) is 13.5. The van der Waals surface area contributed by atoms with Crippen LogP contribution in [0, 0.1) is 26.9 Å². The number of amides is 1. The number of carbonyl (C=O) groups is 1. The number of hydrogen-bond acceptors (Lipinski definition) is 13. The van der Waals surface area contributed by atoms with Crippen LogP contribution in [0.15, 0.2) is 83.0 Å². The van der Waals surface area contributed by atoms with Gasteiger partial charge in [0, 0.05) is 54.3 Å². The molecular formula is C51H61N7O8S2. The quantitative estimate of drug-likeness (QED) is 0.0891. The maximum Gasteiger partial charge on any atom is 0.291 e. The van der Waals surface area contributed by atoms with Gasteiger partial charge in [-0.3, -0.25) is 19.8 Å². The molecule has 1 amide bonds. The van der Waals surface area contributed by atoms with E-state index in [0.717, 1.165) is 101 Å². The largest absolute Gasteiger partial charge is 0.475 e. The molecule has 15 nitrogen and oxygen atoms in total. The summed E-state index contributed by atoms with van der Waals surface area (Å²) in [5, 5.41) is 12.5. The topological polar surface area (TPSA) is 182 Å². The third-order valence-corrected chi connectivity index (χ3v) is 17.8. The Balaban J connectivity index is 0.847. The Hall–Kier alpha value is -5.23. The first-order valence-corrected chi connectivity index (χ1v) is 26.5. The summed E-state index contributed by atoms with van der Waals surface area (Å²) in [7, 11) is -4.73. The summed E-state index contributed by atoms with van der Waals surface area (Å²) < 4.78 is 48.4. The molecule has 4 fully saturated rings. The van der Waals surface area contributed by atoms with Gasteiger partial charge in [-0.15, -0.1) is 11.8 Å². The molecule has 2 aromatic carbocycles. The number of morpholine rings is 1. The van der Waals surface area contributed by atoms with Gasteiger partial charge in [0.25, 0.3) is 21.6 Å². The van der Waals surface area contributed by atoms with Gasteiger partial charge >= 0.3 is 0 Å². The van der Waals surface area contributed by atoms with Crippen LogP contribution >= 0.6 is 11.8 Å². The van der Waals surface area contributed by atoms with E-state index in [4.69, 9.17) is 14.2 Å². The molecule has 0 unspecified atom stereocenters. The van der Waals surface area contributed by atoms with Crippen molar-refractivity contribution in [3.05, 3.63) is 99.9 Å². The lowest BCUT2D eigenvalue weighted by atomic mass is 9.59. The zero-order chi connectivity index (χ0) is 47.4. The second-order valence-electron chi connectivity index (χ2n) is 20.7. The summed E-state index contributed by atoms with van der Waals surface area (Å²) in [6.45, 7) is 13.3. The number of aromatic amines is 1. The summed E-state index contributed by atoms with van der Waals surface area (Å²) in [4.78, 5) is 42.9. The molecule has 0 radical (unpaired) electrons. The smallest absolute Gasteiger partial charge is 0.291 e. The number of fused-ring (bicyclic) bond motifs is 2. The predicted molar refractivity (Wildman–Crippen MR) is 261 cm³/mol. The van der Waals surface area contributed by atoms with Crippen molar-refractivity contribution in [3.8, 4) is 17.4 Å². The average molecular weight is 964 g/mol. The highest BCUT2D eigenvalue weighted by molar-refractivity contribution is 8.00. The van der Waals surface area contributed by atoms with Crippen LogP contribution in [0.4, 0.5) is 11.4 Å². The van der Waals surface area contributed by atoms with E-state index >= 15 is 0 Å². The number of rotatable bonds is 12. The molecule has 6 heterocycles. The van der Waals surface area contributed by atoms with Crippen LogP contribution in [0.5, 0.6) is 17.4 Å². The number of aromatic nitrogens is 3. The van der Waals surface area contributed by atoms with Gasteiger partial charge in [-0.05, 0) is 116 Å². The minimum Gasteiger partial charge on any atom is -0.475 e. The van der Waals surface area contributed by atoms with E-state index in [0.29, 0.717) is 41.3 Å². The summed E-state index contributed by atoms with van der Waals surface area (Å²) in [5.74, 6) is 0.304. The standard InChI is InChI=1S/C51H61N7O8S2/c1-32(2)39-7-5-6-8-40(39)43-31-64-22-21-57(43)36-27-51(28-36)16-19-56(20-17-51)35-9-10-41(44(25-35)66-37-24-34-13-18-52-47(34)53-29-37)48(59)55-68(62,63)45-26-42(58(60)61)46-49(54-45)65-30-38(67-46)23-33-11-14-50(3,4)15-12-33/h5-10,13,18,24-26,29,32-33,36,38,43H,11-12,14-17,19-23,27-28,30-31H2,1-4H3,(H,52,53)(H,55,59)/t38-,43-/m0/s1. The third-order valence-electron chi connectivity index (χ3n) is 15.3. The van der Waals surface area contributed by atoms with Crippen molar-refractivity contribution >= 4 is 50.1 Å². The highest BCUT2D eigenvalue weighted by Gasteiger charge is 2.50. The van der Waals surface area contributed by atoms with E-state index < -0.39 is 31.6 Å². The van der Waals surface area contributed by atoms with Crippen LogP contribution in [0.25, 0.3) is 11.0 Å². The number of nitro groups is 1. The van der Waals surface area contributed by atoms with E-state index in [2.05, 4.69) is 81.4 Å². The molecule has 2 N–H and O–H groups in total. The zero-order valence-corrected chi connectivity index (χ0v) is 40.9. The number of nitrogens with zero attached hydrogens (tertiary/aromatic N) is 5. The maximum absolute atomic E-state index is 14.1. The van der Waals surface area contributed by atoms with E-state index in [9.17, 15) is 23.3 Å². The summed E-state index contributed by atoms with van der Waals surface area (Å²) in [6.07, 6.45) is 12.9. The molecule has 68 heavy (non-hydrogen) atoms. The lowest BCUT2D eigenvalue weighted by Gasteiger charge is -2.57. The highest BCUT2D eigenvalue weighted by Crippen LogP contribution is 2.54. The molecule has 10 rings (SSSR count). The number of H-pyrrole nitrogens is 1.